The van der Waals surface area contributed by atoms with E-state index in [4.69, 9.17) is 5.11 Å². The number of rotatable bonds is 1. The first kappa shape index (κ1) is 10.4. The van der Waals surface area contributed by atoms with Crippen molar-refractivity contribution in [1.82, 2.24) is 4.98 Å². The van der Waals surface area contributed by atoms with Gasteiger partial charge in [0, 0.05) is 0 Å². The minimum atomic E-state index is -1.35. The predicted molar refractivity (Wildman–Crippen MR) is 30.2 cm³/mol. The SMILES string of the molecule is O=C([O-])c1ccc(O)cn1.[Na+]. The Morgan fingerprint density at radius 2 is 2.18 bits per heavy atom. The van der Waals surface area contributed by atoms with Gasteiger partial charge in [-0.15, -0.1) is 0 Å². The largest absolute Gasteiger partial charge is 1.00 e. The maximum absolute atomic E-state index is 10.1. The standard InChI is InChI=1S/C6H5NO3.Na/c8-4-1-2-5(6(9)10)7-3-4;/h1-3,8H,(H,9,10);/q;+1/p-1. The normalized spacial score (nSPS) is 8.36. The molecule has 1 aromatic rings. The molecule has 0 aliphatic heterocycles. The zero-order chi connectivity index (χ0) is 7.56. The Labute approximate surface area is 85.2 Å². The van der Waals surface area contributed by atoms with Crippen molar-refractivity contribution in [2.45, 2.75) is 0 Å². The Morgan fingerprint density at radius 1 is 1.55 bits per heavy atom. The molecule has 0 unspecified atom stereocenters. The van der Waals surface area contributed by atoms with Gasteiger partial charge < -0.3 is 15.0 Å². The Kier molecular flexibility index (Phi) is 4.10. The molecule has 0 amide bonds. The van der Waals surface area contributed by atoms with Gasteiger partial charge in [0.1, 0.15) is 5.75 Å². The number of pyridine rings is 1. The van der Waals surface area contributed by atoms with E-state index < -0.39 is 5.97 Å². The molecular weight excluding hydrogens is 157 g/mol. The van der Waals surface area contributed by atoms with Crippen molar-refractivity contribution >= 4 is 5.97 Å². The molecule has 52 valence electrons. The van der Waals surface area contributed by atoms with E-state index in [9.17, 15) is 9.90 Å². The van der Waals surface area contributed by atoms with Crippen molar-refractivity contribution in [3.8, 4) is 5.75 Å². The number of carbonyl (C=O) groups excluding carboxylic acids is 1. The fraction of sp³-hybridized carbons (Fsp3) is 0. The van der Waals surface area contributed by atoms with Crippen LogP contribution in [-0.4, -0.2) is 16.1 Å². The zero-order valence-electron chi connectivity index (χ0n) is 5.94. The smallest absolute Gasteiger partial charge is 0.543 e. The first-order chi connectivity index (χ1) is 4.70. The van der Waals surface area contributed by atoms with E-state index in [1.54, 1.807) is 0 Å². The molecule has 0 radical (unpaired) electrons. The molecule has 5 heteroatoms. The molecule has 0 aromatic carbocycles. The molecule has 0 saturated carbocycles. The summed E-state index contributed by atoms with van der Waals surface area (Å²) in [6, 6.07) is 2.41. The second-order valence-electron chi connectivity index (χ2n) is 1.69. The summed E-state index contributed by atoms with van der Waals surface area (Å²) in [7, 11) is 0. The van der Waals surface area contributed by atoms with Crippen LogP contribution >= 0.6 is 0 Å². The molecular formula is C6H4NNaO3. The first-order valence-electron chi connectivity index (χ1n) is 2.56. The minimum absolute atomic E-state index is 0. The van der Waals surface area contributed by atoms with Gasteiger partial charge in [-0.25, -0.2) is 0 Å². The number of hydrogen-bond acceptors (Lipinski definition) is 4. The Balaban J connectivity index is 0.000001000. The van der Waals surface area contributed by atoms with E-state index in [2.05, 4.69) is 4.98 Å². The Bertz CT molecular complexity index is 247. The molecule has 0 aliphatic rings. The summed E-state index contributed by atoms with van der Waals surface area (Å²) >= 11 is 0. The Morgan fingerprint density at radius 3 is 2.55 bits per heavy atom. The fourth-order valence-electron chi connectivity index (χ4n) is 0.507. The van der Waals surface area contributed by atoms with Crippen LogP contribution in [0.15, 0.2) is 18.3 Å². The number of aromatic carboxylic acids is 1. The van der Waals surface area contributed by atoms with Crippen molar-refractivity contribution in [3.05, 3.63) is 24.0 Å². The summed E-state index contributed by atoms with van der Waals surface area (Å²) in [5.74, 6) is -1.41. The van der Waals surface area contributed by atoms with Crippen LogP contribution in [0.3, 0.4) is 0 Å². The number of aromatic nitrogens is 1. The van der Waals surface area contributed by atoms with Crippen molar-refractivity contribution in [3.63, 3.8) is 0 Å². The quantitative estimate of drug-likeness (QED) is 0.428. The van der Waals surface area contributed by atoms with Crippen LogP contribution in [0.5, 0.6) is 5.75 Å². The maximum Gasteiger partial charge on any atom is 1.00 e. The van der Waals surface area contributed by atoms with Gasteiger partial charge >= 0.3 is 29.6 Å². The van der Waals surface area contributed by atoms with Crippen LogP contribution in [0.25, 0.3) is 0 Å². The zero-order valence-corrected chi connectivity index (χ0v) is 7.94. The number of carbonyl (C=O) groups is 1. The molecule has 0 bridgehead atoms. The molecule has 0 atom stereocenters. The molecule has 1 rings (SSSR count). The third kappa shape index (κ3) is 2.88. The molecule has 1 N–H and O–H groups in total. The van der Waals surface area contributed by atoms with E-state index in [-0.39, 0.29) is 41.0 Å². The van der Waals surface area contributed by atoms with Gasteiger partial charge in [0.2, 0.25) is 0 Å². The molecule has 1 aromatic heterocycles. The van der Waals surface area contributed by atoms with Crippen molar-refractivity contribution in [2.24, 2.45) is 0 Å². The summed E-state index contributed by atoms with van der Waals surface area (Å²) < 4.78 is 0. The van der Waals surface area contributed by atoms with Crippen LogP contribution in [0.1, 0.15) is 10.5 Å². The second-order valence-corrected chi connectivity index (χ2v) is 1.69. The van der Waals surface area contributed by atoms with E-state index in [0.717, 1.165) is 6.20 Å². The topological polar surface area (TPSA) is 73.2 Å². The van der Waals surface area contributed by atoms with Gasteiger partial charge in [-0.3, -0.25) is 4.98 Å². The van der Waals surface area contributed by atoms with Crippen LogP contribution in [0.4, 0.5) is 0 Å². The molecule has 4 nitrogen and oxygen atoms in total. The second kappa shape index (κ2) is 4.33. The van der Waals surface area contributed by atoms with Gasteiger partial charge in [-0.2, -0.15) is 0 Å². The van der Waals surface area contributed by atoms with E-state index in [1.807, 2.05) is 0 Å². The number of carboxylic acids is 1. The molecule has 1 heterocycles. The predicted octanol–water partition coefficient (Wildman–Crippen LogP) is -3.85. The van der Waals surface area contributed by atoms with Gasteiger partial charge in [0.15, 0.2) is 0 Å². The van der Waals surface area contributed by atoms with E-state index in [0.29, 0.717) is 0 Å². The van der Waals surface area contributed by atoms with Crippen molar-refractivity contribution in [1.29, 1.82) is 0 Å². The van der Waals surface area contributed by atoms with Gasteiger partial charge in [0.25, 0.3) is 0 Å². The summed E-state index contributed by atoms with van der Waals surface area (Å²) in [5.41, 5.74) is -0.183. The number of carboxylic acid groups (broad SMARTS) is 1. The van der Waals surface area contributed by atoms with Gasteiger partial charge in [0.05, 0.1) is 17.9 Å². The average Bonchev–Trinajstić information content (AvgIpc) is 1.88. The van der Waals surface area contributed by atoms with E-state index >= 15 is 0 Å². The third-order valence-electron chi connectivity index (χ3n) is 0.957. The Hall–Kier alpha value is -0.580. The number of aromatic hydroxyl groups is 1. The summed E-state index contributed by atoms with van der Waals surface area (Å²) in [4.78, 5) is 13.4. The molecule has 0 spiro atoms. The summed E-state index contributed by atoms with van der Waals surface area (Å²) in [6.07, 6.45) is 1.05. The first-order valence-corrected chi connectivity index (χ1v) is 2.56. The average molecular weight is 161 g/mol. The number of hydrogen-bond donors (Lipinski definition) is 1. The third-order valence-corrected chi connectivity index (χ3v) is 0.957. The summed E-state index contributed by atoms with van der Waals surface area (Å²) in [5, 5.41) is 18.7. The van der Waals surface area contributed by atoms with Gasteiger partial charge in [-0.05, 0) is 12.1 Å². The van der Waals surface area contributed by atoms with E-state index in [1.165, 1.54) is 12.1 Å². The fourth-order valence-corrected chi connectivity index (χ4v) is 0.507. The van der Waals surface area contributed by atoms with Crippen LogP contribution in [0.2, 0.25) is 0 Å². The van der Waals surface area contributed by atoms with Crippen LogP contribution < -0.4 is 34.7 Å². The minimum Gasteiger partial charge on any atom is -0.543 e. The van der Waals surface area contributed by atoms with Crippen molar-refractivity contribution in [2.75, 3.05) is 0 Å². The molecule has 0 saturated heterocycles. The van der Waals surface area contributed by atoms with Gasteiger partial charge in [-0.1, -0.05) is 0 Å². The monoisotopic (exact) mass is 161 g/mol. The molecule has 0 aliphatic carbocycles. The molecule has 11 heavy (non-hydrogen) atoms. The molecule has 0 fully saturated rings. The number of nitrogens with zero attached hydrogens (tertiary/aromatic N) is 1. The van der Waals surface area contributed by atoms with Crippen LogP contribution in [0, 0.1) is 0 Å². The summed E-state index contributed by atoms with van der Waals surface area (Å²) in [6.45, 7) is 0. The van der Waals surface area contributed by atoms with Crippen molar-refractivity contribution < 1.29 is 44.6 Å². The van der Waals surface area contributed by atoms with Crippen LogP contribution in [-0.2, 0) is 0 Å². The maximum atomic E-state index is 10.1.